The minimum atomic E-state index is 0.492. The van der Waals surface area contributed by atoms with Crippen LogP contribution in [0.5, 0.6) is 0 Å². The number of thioether (sulfide) groups is 1. The smallest absolute Gasteiger partial charge is 0.0292 e. The van der Waals surface area contributed by atoms with Gasteiger partial charge in [0.25, 0.3) is 0 Å². The van der Waals surface area contributed by atoms with E-state index in [0.29, 0.717) is 11.3 Å². The van der Waals surface area contributed by atoms with Crippen LogP contribution < -0.4 is 5.32 Å². The summed E-state index contributed by atoms with van der Waals surface area (Å²) in [5.74, 6) is 0. The lowest BCUT2D eigenvalue weighted by Gasteiger charge is -2.23. The van der Waals surface area contributed by atoms with E-state index in [1.54, 1.807) is 0 Å². The molecule has 0 saturated carbocycles. The Bertz CT molecular complexity index is 574. The highest BCUT2D eigenvalue weighted by atomic mass is 79.9. The molecule has 2 unspecified atom stereocenters. The summed E-state index contributed by atoms with van der Waals surface area (Å²) in [5.41, 5.74) is 2.87. The predicted molar refractivity (Wildman–Crippen MR) is 90.5 cm³/mol. The Hall–Kier alpha value is -0.770. The van der Waals surface area contributed by atoms with E-state index in [4.69, 9.17) is 0 Å². The number of benzene rings is 2. The van der Waals surface area contributed by atoms with Gasteiger partial charge in [0.1, 0.15) is 0 Å². The molecule has 0 fully saturated rings. The van der Waals surface area contributed by atoms with Crippen LogP contribution in [0.1, 0.15) is 11.1 Å². The van der Waals surface area contributed by atoms with Crippen LogP contribution >= 0.6 is 27.7 Å². The van der Waals surface area contributed by atoms with Gasteiger partial charge in [-0.05, 0) is 43.1 Å². The molecule has 0 saturated heterocycles. The van der Waals surface area contributed by atoms with Gasteiger partial charge in [0.15, 0.2) is 0 Å². The maximum atomic E-state index is 3.66. The van der Waals surface area contributed by atoms with Gasteiger partial charge in [-0.25, -0.2) is 0 Å². The summed E-state index contributed by atoms with van der Waals surface area (Å²) in [6, 6.07) is 17.8. The molecule has 0 aromatic heterocycles. The van der Waals surface area contributed by atoms with Crippen LogP contribution in [-0.2, 0) is 12.8 Å². The molecule has 2 aromatic rings. The van der Waals surface area contributed by atoms with Gasteiger partial charge in [-0.15, -0.1) is 11.8 Å². The lowest BCUT2D eigenvalue weighted by Crippen LogP contribution is -2.37. The first-order valence-corrected chi connectivity index (χ1v) is 8.60. The maximum absolute atomic E-state index is 3.66. The quantitative estimate of drug-likeness (QED) is 0.884. The van der Waals surface area contributed by atoms with Crippen LogP contribution in [0.4, 0.5) is 0 Å². The Balaban J connectivity index is 1.74. The van der Waals surface area contributed by atoms with E-state index in [1.807, 2.05) is 11.8 Å². The molecule has 1 heterocycles. The molecule has 1 aliphatic heterocycles. The highest BCUT2D eigenvalue weighted by Gasteiger charge is 2.28. The van der Waals surface area contributed by atoms with E-state index in [-0.39, 0.29) is 0 Å². The molecule has 3 heteroatoms. The van der Waals surface area contributed by atoms with E-state index < -0.39 is 0 Å². The molecular weight excluding hydrogens is 330 g/mol. The number of likely N-dealkylation sites (N-methyl/N-ethyl adjacent to an activating group) is 1. The van der Waals surface area contributed by atoms with Crippen molar-refractivity contribution in [3.05, 3.63) is 64.1 Å². The number of nitrogens with one attached hydrogen (secondary N) is 1. The zero-order valence-corrected chi connectivity index (χ0v) is 13.9. The van der Waals surface area contributed by atoms with E-state index in [0.717, 1.165) is 12.8 Å². The number of halogens is 1. The molecule has 0 bridgehead atoms. The molecule has 1 aliphatic rings. The van der Waals surface area contributed by atoms with Gasteiger partial charge in [-0.1, -0.05) is 52.3 Å². The topological polar surface area (TPSA) is 12.0 Å². The second kappa shape index (κ2) is 6.33. The summed E-state index contributed by atoms with van der Waals surface area (Å²) in [7, 11) is 2.07. The molecule has 20 heavy (non-hydrogen) atoms. The lowest BCUT2D eigenvalue weighted by atomic mass is 9.99. The third-order valence-electron chi connectivity index (χ3n) is 3.89. The Labute approximate surface area is 133 Å². The highest BCUT2D eigenvalue weighted by Crippen LogP contribution is 2.39. The van der Waals surface area contributed by atoms with Gasteiger partial charge >= 0.3 is 0 Å². The maximum Gasteiger partial charge on any atom is 0.0292 e. The Morgan fingerprint density at radius 2 is 1.95 bits per heavy atom. The van der Waals surface area contributed by atoms with Gasteiger partial charge in [0, 0.05) is 20.7 Å². The third kappa shape index (κ3) is 2.95. The fourth-order valence-electron chi connectivity index (χ4n) is 2.75. The monoisotopic (exact) mass is 347 g/mol. The summed E-state index contributed by atoms with van der Waals surface area (Å²) in [6.07, 6.45) is 2.22. The average Bonchev–Trinajstić information content (AvgIpc) is 2.90. The first-order valence-electron chi connectivity index (χ1n) is 6.93. The van der Waals surface area contributed by atoms with Crippen molar-refractivity contribution < 1.29 is 0 Å². The SMILES string of the molecule is CNC(Cc1ccccc1Br)C1Cc2ccccc2S1. The number of rotatable bonds is 4. The fourth-order valence-corrected chi connectivity index (χ4v) is 4.65. The Morgan fingerprint density at radius 1 is 1.20 bits per heavy atom. The largest absolute Gasteiger partial charge is 0.316 e. The average molecular weight is 348 g/mol. The van der Waals surface area contributed by atoms with E-state index in [2.05, 4.69) is 76.8 Å². The molecule has 1 nitrogen and oxygen atoms in total. The molecule has 0 aliphatic carbocycles. The van der Waals surface area contributed by atoms with Gasteiger partial charge in [-0.3, -0.25) is 0 Å². The molecule has 2 aromatic carbocycles. The van der Waals surface area contributed by atoms with Gasteiger partial charge in [-0.2, -0.15) is 0 Å². The van der Waals surface area contributed by atoms with E-state index in [9.17, 15) is 0 Å². The van der Waals surface area contributed by atoms with Crippen LogP contribution in [0.25, 0.3) is 0 Å². The van der Waals surface area contributed by atoms with Crippen LogP contribution in [-0.4, -0.2) is 18.3 Å². The van der Waals surface area contributed by atoms with Crippen LogP contribution in [0, 0.1) is 0 Å². The normalized spacial score (nSPS) is 18.8. The summed E-state index contributed by atoms with van der Waals surface area (Å²) in [5, 5.41) is 4.13. The molecule has 0 amide bonds. The predicted octanol–water partition coefficient (Wildman–Crippen LogP) is 4.30. The summed E-state index contributed by atoms with van der Waals surface area (Å²) in [4.78, 5) is 1.45. The Morgan fingerprint density at radius 3 is 2.70 bits per heavy atom. The fraction of sp³-hybridized carbons (Fsp3) is 0.294. The molecule has 2 atom stereocenters. The highest BCUT2D eigenvalue weighted by molar-refractivity contribution is 9.10. The standard InChI is InChI=1S/C17H18BrNS/c1-19-15(10-12-6-2-4-8-14(12)18)17-11-13-7-3-5-9-16(13)20-17/h2-9,15,17,19H,10-11H2,1H3. The van der Waals surface area contributed by atoms with Crippen molar-refractivity contribution in [3.8, 4) is 0 Å². The molecule has 1 N–H and O–H groups in total. The molecular formula is C17H18BrNS. The summed E-state index contributed by atoms with van der Waals surface area (Å²) in [6.45, 7) is 0. The van der Waals surface area contributed by atoms with Gasteiger partial charge in [0.2, 0.25) is 0 Å². The third-order valence-corrected chi connectivity index (χ3v) is 6.11. The number of fused-ring (bicyclic) bond motifs is 1. The van der Waals surface area contributed by atoms with Crippen molar-refractivity contribution in [2.75, 3.05) is 7.05 Å². The van der Waals surface area contributed by atoms with Gasteiger partial charge in [0.05, 0.1) is 0 Å². The molecule has 104 valence electrons. The second-order valence-corrected chi connectivity index (χ2v) is 7.29. The zero-order chi connectivity index (χ0) is 13.9. The first kappa shape index (κ1) is 14.2. The first-order chi connectivity index (χ1) is 9.78. The Kier molecular flexibility index (Phi) is 4.49. The zero-order valence-electron chi connectivity index (χ0n) is 11.5. The van der Waals surface area contributed by atoms with Crippen molar-refractivity contribution in [1.29, 1.82) is 0 Å². The van der Waals surface area contributed by atoms with Crippen molar-refractivity contribution in [2.24, 2.45) is 0 Å². The molecule has 0 radical (unpaired) electrons. The van der Waals surface area contributed by atoms with Crippen LogP contribution in [0.2, 0.25) is 0 Å². The minimum absolute atomic E-state index is 0.492. The summed E-state index contributed by atoms with van der Waals surface area (Å²) >= 11 is 5.67. The van der Waals surface area contributed by atoms with Crippen molar-refractivity contribution >= 4 is 27.7 Å². The number of hydrogen-bond acceptors (Lipinski definition) is 2. The van der Waals surface area contributed by atoms with E-state index >= 15 is 0 Å². The number of hydrogen-bond donors (Lipinski definition) is 1. The van der Waals surface area contributed by atoms with Crippen molar-refractivity contribution in [2.45, 2.75) is 29.0 Å². The molecule has 3 rings (SSSR count). The van der Waals surface area contributed by atoms with Crippen molar-refractivity contribution in [1.82, 2.24) is 5.32 Å². The minimum Gasteiger partial charge on any atom is -0.316 e. The van der Waals surface area contributed by atoms with Gasteiger partial charge < -0.3 is 5.32 Å². The lowest BCUT2D eigenvalue weighted by molar-refractivity contribution is 0.536. The molecule has 0 spiro atoms. The van der Waals surface area contributed by atoms with E-state index in [1.165, 1.54) is 20.5 Å². The second-order valence-electron chi connectivity index (χ2n) is 5.16. The van der Waals surface area contributed by atoms with Crippen LogP contribution in [0.15, 0.2) is 57.9 Å². The van der Waals surface area contributed by atoms with Crippen molar-refractivity contribution in [3.63, 3.8) is 0 Å². The summed E-state index contributed by atoms with van der Waals surface area (Å²) < 4.78 is 1.21. The van der Waals surface area contributed by atoms with Crippen LogP contribution in [0.3, 0.4) is 0 Å².